The second-order valence-electron chi connectivity index (χ2n) is 11.8. The van der Waals surface area contributed by atoms with E-state index in [4.69, 9.17) is 10.1 Å². The Bertz CT molecular complexity index is 2270. The van der Waals surface area contributed by atoms with Crippen molar-refractivity contribution < 1.29 is 4.39 Å². The first-order valence-electron chi connectivity index (χ1n) is 14.9. The van der Waals surface area contributed by atoms with Crippen LogP contribution < -0.4 is 0 Å². The molecule has 46 heavy (non-hydrogen) atoms. The van der Waals surface area contributed by atoms with E-state index < -0.39 is 11.6 Å². The van der Waals surface area contributed by atoms with Crippen molar-refractivity contribution in [2.45, 2.75) is 66.9 Å². The molecule has 5 aromatic carbocycles. The molecule has 1 aliphatic rings. The largest absolute Gasteiger partial charge is 0.247 e. The maximum Gasteiger partial charge on any atom is 0.206 e. The monoisotopic (exact) mass is 693 g/mol. The summed E-state index contributed by atoms with van der Waals surface area (Å²) in [4.78, 5) is 12.1. The van der Waals surface area contributed by atoms with E-state index in [0.29, 0.717) is 11.0 Å². The maximum absolute atomic E-state index is 15.7. The third-order valence-corrected chi connectivity index (χ3v) is 13.7. The number of hydrogen-bond donors (Lipinski definition) is 1. The molecule has 0 bridgehead atoms. The molecule has 2 aromatic heterocycles. The van der Waals surface area contributed by atoms with Gasteiger partial charge in [0.2, 0.25) is 5.16 Å². The van der Waals surface area contributed by atoms with Gasteiger partial charge in [0.25, 0.3) is 0 Å². The number of hydrogen-bond acceptors (Lipinski definition) is 7. The summed E-state index contributed by atoms with van der Waals surface area (Å²) in [6.07, 6.45) is -1.12. The third-order valence-electron chi connectivity index (χ3n) is 8.55. The molecule has 0 N–H and O–H groups in total. The predicted molar refractivity (Wildman–Crippen MR) is 196 cm³/mol. The van der Waals surface area contributed by atoms with Gasteiger partial charge in [-0.05, 0) is 67.1 Å². The molecule has 3 nitrogen and oxygen atoms in total. The van der Waals surface area contributed by atoms with E-state index >= 15 is 4.39 Å². The summed E-state index contributed by atoms with van der Waals surface area (Å²) in [7, 11) is 0. The lowest BCUT2D eigenvalue weighted by Gasteiger charge is -2.30. The molecule has 9 heteroatoms. The van der Waals surface area contributed by atoms with Crippen LogP contribution in [-0.2, 0) is 5.41 Å². The van der Waals surface area contributed by atoms with Gasteiger partial charge in [0.15, 0.2) is 5.82 Å². The third kappa shape index (κ3) is 5.17. The number of rotatable bonds is 6. The fourth-order valence-electron chi connectivity index (χ4n) is 5.81. The zero-order chi connectivity index (χ0) is 31.6. The van der Waals surface area contributed by atoms with Crippen molar-refractivity contribution in [2.75, 3.05) is 0 Å². The lowest BCUT2D eigenvalue weighted by atomic mass is 9.77. The quantitative estimate of drug-likeness (QED) is 0.175. The van der Waals surface area contributed by atoms with Crippen molar-refractivity contribution in [1.29, 1.82) is 0 Å². The molecule has 0 radical (unpaired) electrons. The molecule has 1 aliphatic heterocycles. The molecule has 228 valence electrons. The van der Waals surface area contributed by atoms with E-state index in [0.717, 1.165) is 42.1 Å². The standard InChI is InChI=1S/C37H28FN3S5/c1-21(38)37(2,3)25-20-31(43-23-11-5-4-6-12-23)34-32(24-13-7-8-14-26(24)46-34)33(25)35-39-36(42)40-41(35)22-17-18-29-30(19-22)45-28-16-10-9-15-27(28)44-29/h4-21H,1-3H3,(H,40,42)/t21-/m1/s1. The number of benzene rings is 5. The zero-order valence-electron chi connectivity index (χ0n) is 25.2. The number of nitrogens with zero attached hydrogens (tertiary/aromatic N) is 3. The minimum Gasteiger partial charge on any atom is -0.247 e. The molecular weight excluding hydrogens is 666 g/mol. The fraction of sp³-hybridized carbons (Fsp3) is 0.135. The van der Waals surface area contributed by atoms with Gasteiger partial charge in [-0.25, -0.2) is 14.1 Å². The Kier molecular flexibility index (Phi) is 7.73. The number of alkyl halides is 1. The Hall–Kier alpha value is -3.21. The van der Waals surface area contributed by atoms with E-state index in [1.165, 1.54) is 24.3 Å². The second kappa shape index (κ2) is 11.8. The van der Waals surface area contributed by atoms with Gasteiger partial charge in [-0.2, -0.15) is 0 Å². The van der Waals surface area contributed by atoms with Crippen molar-refractivity contribution in [3.05, 3.63) is 109 Å². The van der Waals surface area contributed by atoms with Crippen LogP contribution in [0, 0.1) is 0 Å². The van der Waals surface area contributed by atoms with Crippen molar-refractivity contribution in [3.8, 4) is 17.1 Å². The summed E-state index contributed by atoms with van der Waals surface area (Å²) in [5, 5.41) is 7.41. The summed E-state index contributed by atoms with van der Waals surface area (Å²) in [5.74, 6) is 0.660. The number of thiophene rings is 1. The summed E-state index contributed by atoms with van der Waals surface area (Å²) in [6.45, 7) is 5.62. The SMILES string of the molecule is C[C@@H](F)C(C)(C)c1cc(Sc2ccccc2)c2sc3ccccc3c2c1-c1nc(S)nn1-c1ccc2c(c1)Sc1ccccc1S2. The van der Waals surface area contributed by atoms with Crippen molar-refractivity contribution in [3.63, 3.8) is 0 Å². The van der Waals surface area contributed by atoms with Gasteiger partial charge in [-0.1, -0.05) is 97.7 Å². The van der Waals surface area contributed by atoms with Gasteiger partial charge < -0.3 is 0 Å². The van der Waals surface area contributed by atoms with Gasteiger partial charge in [0.05, 0.1) is 10.4 Å². The first-order valence-corrected chi connectivity index (χ1v) is 18.6. The molecule has 0 fully saturated rings. The Morgan fingerprint density at radius 1 is 0.826 bits per heavy atom. The van der Waals surface area contributed by atoms with Gasteiger partial charge in [0, 0.05) is 55.8 Å². The lowest BCUT2D eigenvalue weighted by Crippen LogP contribution is -2.29. The van der Waals surface area contributed by atoms with Crippen LogP contribution in [0.3, 0.4) is 0 Å². The number of halogens is 1. The minimum atomic E-state index is -1.12. The highest BCUT2D eigenvalue weighted by atomic mass is 32.2. The average molecular weight is 694 g/mol. The van der Waals surface area contributed by atoms with Crippen LogP contribution in [-0.4, -0.2) is 20.9 Å². The van der Waals surface area contributed by atoms with Gasteiger partial charge >= 0.3 is 0 Å². The summed E-state index contributed by atoms with van der Waals surface area (Å²) < 4.78 is 20.0. The smallest absolute Gasteiger partial charge is 0.206 e. The number of thiol groups is 1. The van der Waals surface area contributed by atoms with Crippen LogP contribution in [0.1, 0.15) is 26.3 Å². The first kappa shape index (κ1) is 30.1. The summed E-state index contributed by atoms with van der Waals surface area (Å²) >= 11 is 11.7. The molecule has 0 saturated carbocycles. The van der Waals surface area contributed by atoms with Gasteiger partial charge in [0.1, 0.15) is 6.17 Å². The van der Waals surface area contributed by atoms with Crippen molar-refractivity contribution in [2.24, 2.45) is 0 Å². The highest BCUT2D eigenvalue weighted by molar-refractivity contribution is 8.05. The number of aromatic nitrogens is 3. The van der Waals surface area contributed by atoms with Gasteiger partial charge in [-0.3, -0.25) is 0 Å². The van der Waals surface area contributed by atoms with E-state index in [9.17, 15) is 0 Å². The average Bonchev–Trinajstić information content (AvgIpc) is 3.65. The molecule has 0 spiro atoms. The van der Waals surface area contributed by atoms with E-state index in [-0.39, 0.29) is 0 Å². The fourth-order valence-corrected chi connectivity index (χ4v) is 10.5. The molecule has 0 unspecified atom stereocenters. The van der Waals surface area contributed by atoms with E-state index in [1.54, 1.807) is 53.5 Å². The Labute approximate surface area is 289 Å². The molecule has 8 rings (SSSR count). The van der Waals surface area contributed by atoms with Gasteiger partial charge in [-0.15, -0.1) is 29.1 Å². The zero-order valence-corrected chi connectivity index (χ0v) is 29.4. The first-order chi connectivity index (χ1) is 22.3. The number of fused-ring (bicyclic) bond motifs is 5. The molecule has 7 aromatic rings. The topological polar surface area (TPSA) is 30.7 Å². The van der Waals surface area contributed by atoms with Crippen molar-refractivity contribution in [1.82, 2.24) is 14.8 Å². The van der Waals surface area contributed by atoms with Crippen LogP contribution in [0.2, 0.25) is 0 Å². The normalized spacial score (nSPS) is 13.6. The van der Waals surface area contributed by atoms with Crippen LogP contribution >= 0.6 is 59.3 Å². The molecule has 3 heterocycles. The van der Waals surface area contributed by atoms with Crippen LogP contribution in [0.15, 0.2) is 138 Å². The maximum atomic E-state index is 15.7. The molecule has 0 saturated heterocycles. The van der Waals surface area contributed by atoms with Crippen LogP contribution in [0.4, 0.5) is 4.39 Å². The second-order valence-corrected chi connectivity index (χ2v) is 16.5. The minimum absolute atomic E-state index is 0.368. The lowest BCUT2D eigenvalue weighted by molar-refractivity contribution is 0.237. The summed E-state index contributed by atoms with van der Waals surface area (Å²) in [5.41, 5.74) is 1.87. The van der Waals surface area contributed by atoms with Crippen molar-refractivity contribution >= 4 is 79.4 Å². The summed E-state index contributed by atoms with van der Waals surface area (Å²) in [6, 6.07) is 36.0. The van der Waals surface area contributed by atoms with Crippen LogP contribution in [0.25, 0.3) is 37.2 Å². The van der Waals surface area contributed by atoms with Crippen LogP contribution in [0.5, 0.6) is 0 Å². The highest BCUT2D eigenvalue weighted by Gasteiger charge is 2.35. The molecule has 0 aliphatic carbocycles. The Morgan fingerprint density at radius 3 is 2.26 bits per heavy atom. The van der Waals surface area contributed by atoms with E-state index in [2.05, 4.69) is 110 Å². The Morgan fingerprint density at radius 2 is 1.50 bits per heavy atom. The Balaban J connectivity index is 1.40. The van der Waals surface area contributed by atoms with E-state index in [1.807, 2.05) is 24.6 Å². The molecule has 0 amide bonds. The predicted octanol–water partition coefficient (Wildman–Crippen LogP) is 12.0. The molecule has 1 atom stereocenters. The molecular formula is C37H28FN3S5. The highest BCUT2D eigenvalue weighted by Crippen LogP contribution is 2.52.